The maximum absolute atomic E-state index is 11.1. The van der Waals surface area contributed by atoms with Crippen molar-refractivity contribution >= 4 is 11.9 Å². The molecular weight excluding hydrogens is 186 g/mol. The van der Waals surface area contributed by atoms with Crippen LogP contribution in [0.1, 0.15) is 32.6 Å². The predicted molar refractivity (Wildman–Crippen MR) is 50.7 cm³/mol. The first kappa shape index (κ1) is 12.9. The fourth-order valence-electron chi connectivity index (χ4n) is 0.959. The van der Waals surface area contributed by atoms with Crippen molar-refractivity contribution < 1.29 is 19.4 Å². The lowest BCUT2D eigenvalue weighted by molar-refractivity contribution is -0.164. The van der Waals surface area contributed by atoms with Gasteiger partial charge in [0.05, 0.1) is 0 Å². The molecule has 0 aromatic rings. The van der Waals surface area contributed by atoms with E-state index < -0.39 is 18.0 Å². The van der Waals surface area contributed by atoms with Gasteiger partial charge in [-0.1, -0.05) is 13.3 Å². The third-order valence-corrected chi connectivity index (χ3v) is 1.69. The molecule has 0 aliphatic carbocycles. The molecule has 0 radical (unpaired) electrons. The van der Waals surface area contributed by atoms with Crippen LogP contribution in [-0.2, 0) is 14.3 Å². The number of hydrogen-bond acceptors (Lipinski definition) is 4. The van der Waals surface area contributed by atoms with Crippen LogP contribution in [-0.4, -0.2) is 29.7 Å². The summed E-state index contributed by atoms with van der Waals surface area (Å²) in [7, 11) is 0. The molecule has 82 valence electrons. The molecule has 0 bridgehead atoms. The SMILES string of the molecule is CCCC(OC(=O)CCCN)C(=O)O. The smallest absolute Gasteiger partial charge is 0.345 e. The van der Waals surface area contributed by atoms with E-state index in [2.05, 4.69) is 0 Å². The molecule has 0 aliphatic rings. The Morgan fingerprint density at radius 1 is 1.50 bits per heavy atom. The quantitative estimate of drug-likeness (QED) is 0.589. The molecule has 0 heterocycles. The molecule has 0 rings (SSSR count). The van der Waals surface area contributed by atoms with Crippen LogP contribution in [0.25, 0.3) is 0 Å². The number of esters is 1. The lowest BCUT2D eigenvalue weighted by Gasteiger charge is -2.12. The molecule has 0 aromatic heterocycles. The molecule has 0 fully saturated rings. The van der Waals surface area contributed by atoms with Crippen LogP contribution in [0, 0.1) is 0 Å². The molecule has 0 aromatic carbocycles. The maximum Gasteiger partial charge on any atom is 0.345 e. The van der Waals surface area contributed by atoms with E-state index in [1.807, 2.05) is 6.92 Å². The van der Waals surface area contributed by atoms with Crippen molar-refractivity contribution in [3.05, 3.63) is 0 Å². The number of rotatable bonds is 7. The molecule has 0 saturated carbocycles. The first-order chi connectivity index (χ1) is 6.61. The average Bonchev–Trinajstić information content (AvgIpc) is 2.14. The lowest BCUT2D eigenvalue weighted by atomic mass is 10.2. The van der Waals surface area contributed by atoms with E-state index in [0.717, 1.165) is 0 Å². The number of carboxylic acid groups (broad SMARTS) is 1. The number of hydrogen-bond donors (Lipinski definition) is 2. The van der Waals surface area contributed by atoms with Crippen LogP contribution in [0.5, 0.6) is 0 Å². The summed E-state index contributed by atoms with van der Waals surface area (Å²) in [6.45, 7) is 2.24. The summed E-state index contributed by atoms with van der Waals surface area (Å²) in [5.41, 5.74) is 5.20. The minimum atomic E-state index is -1.09. The van der Waals surface area contributed by atoms with Gasteiger partial charge in [-0.25, -0.2) is 4.79 Å². The zero-order chi connectivity index (χ0) is 11.0. The van der Waals surface area contributed by atoms with Crippen molar-refractivity contribution in [3.8, 4) is 0 Å². The predicted octanol–water partition coefficient (Wildman–Crippen LogP) is 0.522. The second kappa shape index (κ2) is 7.32. The van der Waals surface area contributed by atoms with Gasteiger partial charge in [-0.2, -0.15) is 0 Å². The summed E-state index contributed by atoms with van der Waals surface area (Å²) < 4.78 is 4.76. The second-order valence-electron chi connectivity index (χ2n) is 3.00. The third kappa shape index (κ3) is 5.53. The molecule has 0 spiro atoms. The molecule has 1 unspecified atom stereocenters. The molecule has 5 nitrogen and oxygen atoms in total. The van der Waals surface area contributed by atoms with Crippen molar-refractivity contribution in [3.63, 3.8) is 0 Å². The van der Waals surface area contributed by atoms with Gasteiger partial charge in [-0.3, -0.25) is 4.79 Å². The molecule has 1 atom stereocenters. The van der Waals surface area contributed by atoms with Gasteiger partial charge >= 0.3 is 11.9 Å². The standard InChI is InChI=1S/C9H17NO4/c1-2-4-7(9(12)13)14-8(11)5-3-6-10/h7H,2-6,10H2,1H3,(H,12,13). The van der Waals surface area contributed by atoms with Crippen LogP contribution in [0.3, 0.4) is 0 Å². The van der Waals surface area contributed by atoms with Gasteiger partial charge in [0.1, 0.15) is 0 Å². The Morgan fingerprint density at radius 2 is 2.14 bits per heavy atom. The van der Waals surface area contributed by atoms with E-state index >= 15 is 0 Å². The molecular formula is C9H17NO4. The Morgan fingerprint density at radius 3 is 2.57 bits per heavy atom. The molecule has 0 aliphatic heterocycles. The number of nitrogens with two attached hydrogens (primary N) is 1. The van der Waals surface area contributed by atoms with Gasteiger partial charge in [0.15, 0.2) is 6.10 Å². The fraction of sp³-hybridized carbons (Fsp3) is 0.778. The number of ether oxygens (including phenoxy) is 1. The van der Waals surface area contributed by atoms with E-state index in [4.69, 9.17) is 15.6 Å². The van der Waals surface area contributed by atoms with Crippen LogP contribution in [0.15, 0.2) is 0 Å². The van der Waals surface area contributed by atoms with E-state index in [0.29, 0.717) is 25.8 Å². The van der Waals surface area contributed by atoms with Gasteiger partial charge in [0.25, 0.3) is 0 Å². The Bertz CT molecular complexity index is 193. The number of carbonyl (C=O) groups is 2. The summed E-state index contributed by atoms with van der Waals surface area (Å²) in [5.74, 6) is -1.58. The Hall–Kier alpha value is -1.10. The number of carbonyl (C=O) groups excluding carboxylic acids is 1. The zero-order valence-electron chi connectivity index (χ0n) is 8.36. The fourth-order valence-corrected chi connectivity index (χ4v) is 0.959. The van der Waals surface area contributed by atoms with Gasteiger partial charge in [0, 0.05) is 6.42 Å². The summed E-state index contributed by atoms with van der Waals surface area (Å²) in [6, 6.07) is 0. The van der Waals surface area contributed by atoms with Gasteiger partial charge < -0.3 is 15.6 Å². The normalized spacial score (nSPS) is 12.1. The highest BCUT2D eigenvalue weighted by Crippen LogP contribution is 2.04. The lowest BCUT2D eigenvalue weighted by Crippen LogP contribution is -2.27. The summed E-state index contributed by atoms with van der Waals surface area (Å²) in [4.78, 5) is 21.6. The summed E-state index contributed by atoms with van der Waals surface area (Å²) in [5, 5.41) is 8.68. The van der Waals surface area contributed by atoms with Crippen molar-refractivity contribution in [2.45, 2.75) is 38.7 Å². The molecule has 14 heavy (non-hydrogen) atoms. The highest BCUT2D eigenvalue weighted by Gasteiger charge is 2.20. The minimum absolute atomic E-state index is 0.185. The second-order valence-corrected chi connectivity index (χ2v) is 3.00. The highest BCUT2D eigenvalue weighted by molar-refractivity contribution is 5.77. The maximum atomic E-state index is 11.1. The Balaban J connectivity index is 3.90. The number of aliphatic carboxylic acids is 1. The largest absolute Gasteiger partial charge is 0.479 e. The van der Waals surface area contributed by atoms with E-state index in [9.17, 15) is 9.59 Å². The summed E-state index contributed by atoms with van der Waals surface area (Å²) in [6.07, 6.45) is 0.719. The van der Waals surface area contributed by atoms with Gasteiger partial charge in [-0.05, 0) is 19.4 Å². The Kier molecular flexibility index (Phi) is 6.74. The number of carboxylic acids is 1. The van der Waals surface area contributed by atoms with Gasteiger partial charge in [0.2, 0.25) is 0 Å². The molecule has 0 saturated heterocycles. The monoisotopic (exact) mass is 203 g/mol. The van der Waals surface area contributed by atoms with Crippen molar-refractivity contribution in [2.75, 3.05) is 6.54 Å². The first-order valence-corrected chi connectivity index (χ1v) is 4.74. The van der Waals surface area contributed by atoms with Crippen molar-refractivity contribution in [2.24, 2.45) is 5.73 Å². The van der Waals surface area contributed by atoms with Crippen LogP contribution in [0.2, 0.25) is 0 Å². The Labute approximate surface area is 83.2 Å². The highest BCUT2D eigenvalue weighted by atomic mass is 16.6. The minimum Gasteiger partial charge on any atom is -0.479 e. The average molecular weight is 203 g/mol. The van der Waals surface area contributed by atoms with E-state index in [1.54, 1.807) is 0 Å². The molecule has 5 heteroatoms. The van der Waals surface area contributed by atoms with Crippen LogP contribution in [0.4, 0.5) is 0 Å². The summed E-state index contributed by atoms with van der Waals surface area (Å²) >= 11 is 0. The first-order valence-electron chi connectivity index (χ1n) is 4.74. The van der Waals surface area contributed by atoms with Crippen LogP contribution < -0.4 is 5.73 Å². The molecule has 3 N–H and O–H groups in total. The van der Waals surface area contributed by atoms with E-state index in [-0.39, 0.29) is 6.42 Å². The van der Waals surface area contributed by atoms with Crippen molar-refractivity contribution in [1.29, 1.82) is 0 Å². The van der Waals surface area contributed by atoms with Crippen molar-refractivity contribution in [1.82, 2.24) is 0 Å². The third-order valence-electron chi connectivity index (χ3n) is 1.69. The molecule has 0 amide bonds. The van der Waals surface area contributed by atoms with Gasteiger partial charge in [-0.15, -0.1) is 0 Å². The van der Waals surface area contributed by atoms with E-state index in [1.165, 1.54) is 0 Å². The zero-order valence-corrected chi connectivity index (χ0v) is 8.36. The van der Waals surface area contributed by atoms with Crippen LogP contribution >= 0.6 is 0 Å². The topological polar surface area (TPSA) is 89.6 Å².